The third-order valence-corrected chi connectivity index (χ3v) is 4.78. The van der Waals surface area contributed by atoms with Crippen LogP contribution in [-0.4, -0.2) is 40.2 Å². The molecule has 0 amide bonds. The average Bonchev–Trinajstić information content (AvgIpc) is 2.92. The normalized spacial score (nSPS) is 14.7. The minimum absolute atomic E-state index is 0.0575. The summed E-state index contributed by atoms with van der Waals surface area (Å²) in [6.45, 7) is 4.15. The summed E-state index contributed by atoms with van der Waals surface area (Å²) in [5.74, 6) is 2.27. The third-order valence-electron chi connectivity index (χ3n) is 4.78. The summed E-state index contributed by atoms with van der Waals surface area (Å²) in [5, 5.41) is 14.9. The number of rotatable bonds is 7. The Hall–Kier alpha value is -2.78. The van der Waals surface area contributed by atoms with Gasteiger partial charge in [-0.25, -0.2) is 4.99 Å². The van der Waals surface area contributed by atoms with Crippen LogP contribution in [0.4, 0.5) is 13.2 Å². The molecule has 3 rings (SSSR count). The zero-order chi connectivity index (χ0) is 21.4. The summed E-state index contributed by atoms with van der Waals surface area (Å²) in [6.07, 6.45) is 0.397. The van der Waals surface area contributed by atoms with Crippen molar-refractivity contribution in [3.8, 4) is 5.75 Å². The van der Waals surface area contributed by atoms with E-state index < -0.39 is 6.36 Å². The summed E-state index contributed by atoms with van der Waals surface area (Å²) < 4.78 is 44.1. The van der Waals surface area contributed by atoms with Crippen molar-refractivity contribution < 1.29 is 17.9 Å². The quantitative estimate of drug-likeness (QED) is 0.527. The summed E-state index contributed by atoms with van der Waals surface area (Å²) in [4.78, 5) is 4.40. The molecule has 1 aromatic heterocycles. The Morgan fingerprint density at radius 3 is 2.80 bits per heavy atom. The number of ether oxygens (including phenoxy) is 1. The predicted molar refractivity (Wildman–Crippen MR) is 107 cm³/mol. The Bertz CT molecular complexity index is 849. The monoisotopic (exact) mass is 424 g/mol. The largest absolute Gasteiger partial charge is 0.573 e. The van der Waals surface area contributed by atoms with Crippen LogP contribution in [0, 0.1) is 0 Å². The van der Waals surface area contributed by atoms with Gasteiger partial charge in [-0.05, 0) is 25.8 Å². The van der Waals surface area contributed by atoms with Crippen LogP contribution in [0.3, 0.4) is 0 Å². The van der Waals surface area contributed by atoms with Gasteiger partial charge in [0.05, 0.1) is 6.54 Å². The molecule has 2 N–H and O–H groups in total. The highest BCUT2D eigenvalue weighted by molar-refractivity contribution is 5.79. The third kappa shape index (κ3) is 6.36. The second-order valence-electron chi connectivity index (χ2n) is 7.02. The van der Waals surface area contributed by atoms with Gasteiger partial charge in [0.1, 0.15) is 17.4 Å². The summed E-state index contributed by atoms with van der Waals surface area (Å²) in [5.41, 5.74) is 0.356. The molecule has 0 saturated carbocycles. The number of aryl methyl sites for hydroxylation is 1. The second-order valence-corrected chi connectivity index (χ2v) is 7.02. The minimum Gasteiger partial charge on any atom is -0.405 e. The van der Waals surface area contributed by atoms with Crippen molar-refractivity contribution in [2.75, 3.05) is 13.1 Å². The zero-order valence-corrected chi connectivity index (χ0v) is 17.0. The van der Waals surface area contributed by atoms with Gasteiger partial charge in [-0.2, -0.15) is 0 Å². The number of hydrogen-bond donors (Lipinski definition) is 2. The van der Waals surface area contributed by atoms with E-state index >= 15 is 0 Å². The number of fused-ring (bicyclic) bond motifs is 1. The van der Waals surface area contributed by atoms with Crippen molar-refractivity contribution in [2.45, 2.75) is 58.5 Å². The van der Waals surface area contributed by atoms with Crippen molar-refractivity contribution >= 4 is 5.96 Å². The van der Waals surface area contributed by atoms with Crippen molar-refractivity contribution in [1.29, 1.82) is 0 Å². The fourth-order valence-corrected chi connectivity index (χ4v) is 3.39. The standard InChI is InChI=1S/C20H27F3N6O/c1-2-24-19(26-14-15-8-5-6-9-16(15)30-20(21,22)23)25-12-11-18-28-27-17-10-4-3-7-13-29(17)18/h5-6,8-9H,2-4,7,10-14H2,1H3,(H2,24,25,26). The average molecular weight is 424 g/mol. The summed E-state index contributed by atoms with van der Waals surface area (Å²) in [6, 6.07) is 6.01. The number of hydrogen-bond acceptors (Lipinski definition) is 4. The minimum atomic E-state index is -4.74. The van der Waals surface area contributed by atoms with Crippen LogP contribution in [-0.2, 0) is 25.9 Å². The first-order valence-electron chi connectivity index (χ1n) is 10.2. The number of benzene rings is 1. The number of alkyl halides is 3. The zero-order valence-electron chi connectivity index (χ0n) is 17.0. The summed E-state index contributed by atoms with van der Waals surface area (Å²) >= 11 is 0. The lowest BCUT2D eigenvalue weighted by Gasteiger charge is -2.14. The lowest BCUT2D eigenvalue weighted by atomic mass is 10.2. The molecule has 10 heteroatoms. The van der Waals surface area contributed by atoms with Crippen molar-refractivity contribution in [1.82, 2.24) is 25.4 Å². The maximum Gasteiger partial charge on any atom is 0.573 e. The van der Waals surface area contributed by atoms with E-state index in [2.05, 4.69) is 35.1 Å². The number of para-hydroxylation sites is 1. The van der Waals surface area contributed by atoms with E-state index in [1.165, 1.54) is 18.6 Å². The van der Waals surface area contributed by atoms with Crippen LogP contribution in [0.2, 0.25) is 0 Å². The Balaban J connectivity index is 1.60. The molecule has 0 saturated heterocycles. The molecular weight excluding hydrogens is 397 g/mol. The van der Waals surface area contributed by atoms with E-state index in [-0.39, 0.29) is 12.3 Å². The Morgan fingerprint density at radius 1 is 1.17 bits per heavy atom. The lowest BCUT2D eigenvalue weighted by molar-refractivity contribution is -0.274. The van der Waals surface area contributed by atoms with Gasteiger partial charge >= 0.3 is 6.36 Å². The van der Waals surface area contributed by atoms with Gasteiger partial charge < -0.3 is 19.9 Å². The molecule has 0 radical (unpaired) electrons. The van der Waals surface area contributed by atoms with E-state index in [4.69, 9.17) is 0 Å². The number of aromatic nitrogens is 3. The molecule has 2 heterocycles. The van der Waals surface area contributed by atoms with Crippen LogP contribution in [0.5, 0.6) is 5.75 Å². The van der Waals surface area contributed by atoms with E-state index in [1.54, 1.807) is 12.1 Å². The molecule has 7 nitrogen and oxygen atoms in total. The van der Waals surface area contributed by atoms with Gasteiger partial charge in [-0.15, -0.1) is 23.4 Å². The molecule has 2 aromatic rings. The molecule has 1 aromatic carbocycles. The first-order chi connectivity index (χ1) is 14.5. The Kier molecular flexibility index (Phi) is 7.53. The van der Waals surface area contributed by atoms with Crippen molar-refractivity contribution in [3.63, 3.8) is 0 Å². The fourth-order valence-electron chi connectivity index (χ4n) is 3.39. The molecule has 0 unspecified atom stereocenters. The first kappa shape index (κ1) is 21.9. The fraction of sp³-hybridized carbons (Fsp3) is 0.550. The maximum absolute atomic E-state index is 12.6. The number of nitrogens with zero attached hydrogens (tertiary/aromatic N) is 4. The number of aliphatic imine (C=N–C) groups is 1. The van der Waals surface area contributed by atoms with E-state index in [0.29, 0.717) is 31.0 Å². The second kappa shape index (κ2) is 10.3. The van der Waals surface area contributed by atoms with Crippen molar-refractivity contribution in [2.24, 2.45) is 4.99 Å². The first-order valence-corrected chi connectivity index (χ1v) is 10.2. The Labute approximate surface area is 173 Å². The molecule has 0 aliphatic carbocycles. The maximum atomic E-state index is 12.6. The van der Waals surface area contributed by atoms with E-state index in [0.717, 1.165) is 37.5 Å². The van der Waals surface area contributed by atoms with Gasteiger partial charge in [0.2, 0.25) is 0 Å². The number of guanidine groups is 1. The molecular formula is C20H27F3N6O. The SMILES string of the molecule is CCNC(=NCc1ccccc1OC(F)(F)F)NCCc1nnc2n1CCCCC2. The number of halogens is 3. The molecule has 30 heavy (non-hydrogen) atoms. The predicted octanol–water partition coefficient (Wildman–Crippen LogP) is 3.20. The molecule has 0 atom stereocenters. The van der Waals surface area contributed by atoms with E-state index in [1.807, 2.05) is 6.92 Å². The van der Waals surface area contributed by atoms with Crippen LogP contribution >= 0.6 is 0 Å². The van der Waals surface area contributed by atoms with Crippen LogP contribution in [0.25, 0.3) is 0 Å². The highest BCUT2D eigenvalue weighted by Crippen LogP contribution is 2.26. The van der Waals surface area contributed by atoms with Gasteiger partial charge in [0, 0.05) is 38.0 Å². The Morgan fingerprint density at radius 2 is 2.00 bits per heavy atom. The summed E-state index contributed by atoms with van der Waals surface area (Å²) in [7, 11) is 0. The van der Waals surface area contributed by atoms with E-state index in [9.17, 15) is 13.2 Å². The molecule has 0 fully saturated rings. The molecule has 0 bridgehead atoms. The van der Waals surface area contributed by atoms with Crippen LogP contribution in [0.15, 0.2) is 29.3 Å². The van der Waals surface area contributed by atoms with Crippen molar-refractivity contribution in [3.05, 3.63) is 41.5 Å². The van der Waals surface area contributed by atoms with Gasteiger partial charge in [0.25, 0.3) is 0 Å². The smallest absolute Gasteiger partial charge is 0.405 e. The lowest BCUT2D eigenvalue weighted by Crippen LogP contribution is -2.38. The van der Waals surface area contributed by atoms with Gasteiger partial charge in [-0.3, -0.25) is 0 Å². The topological polar surface area (TPSA) is 76.4 Å². The van der Waals surface area contributed by atoms with Gasteiger partial charge in [-0.1, -0.05) is 24.6 Å². The molecule has 1 aliphatic rings. The molecule has 1 aliphatic heterocycles. The van der Waals surface area contributed by atoms with Gasteiger partial charge in [0.15, 0.2) is 5.96 Å². The van der Waals surface area contributed by atoms with Crippen LogP contribution in [0.1, 0.15) is 43.4 Å². The highest BCUT2D eigenvalue weighted by Gasteiger charge is 2.31. The molecule has 164 valence electrons. The number of nitrogens with one attached hydrogen (secondary N) is 2. The molecule has 0 spiro atoms. The van der Waals surface area contributed by atoms with Crippen LogP contribution < -0.4 is 15.4 Å². The highest BCUT2D eigenvalue weighted by atomic mass is 19.4.